The molecule has 78 valence electrons. The Bertz CT molecular complexity index is 310. The summed E-state index contributed by atoms with van der Waals surface area (Å²) in [5.41, 5.74) is 6.35. The largest absolute Gasteiger partial charge is 0.325 e. The van der Waals surface area contributed by atoms with E-state index in [9.17, 15) is 0 Å². The lowest BCUT2D eigenvalue weighted by Crippen LogP contribution is -2.40. The molecule has 1 nitrogen and oxygen atoms in total. The summed E-state index contributed by atoms with van der Waals surface area (Å²) in [5, 5.41) is 0. The van der Waals surface area contributed by atoms with Crippen LogP contribution in [0.25, 0.3) is 0 Å². The quantitative estimate of drug-likeness (QED) is 0.810. The Labute approximate surface area is 90.3 Å². The molecule has 2 rings (SSSR count). The maximum absolute atomic E-state index is 6.31. The Hall–Kier alpha value is -0.340. The van der Waals surface area contributed by atoms with Crippen LogP contribution in [0.3, 0.4) is 0 Å². The van der Waals surface area contributed by atoms with Gasteiger partial charge < -0.3 is 5.73 Å². The van der Waals surface area contributed by atoms with Gasteiger partial charge in [0, 0.05) is 15.3 Å². The molecule has 1 aromatic rings. The molecule has 0 aliphatic heterocycles. The van der Waals surface area contributed by atoms with Gasteiger partial charge in [-0.25, -0.2) is 0 Å². The molecule has 2 heteroatoms. The first-order chi connectivity index (χ1) is 6.62. The number of hydrogen-bond donors (Lipinski definition) is 1. The fourth-order valence-electron chi connectivity index (χ4n) is 1.97. The van der Waals surface area contributed by atoms with E-state index in [0.29, 0.717) is 0 Å². The number of thiophene rings is 1. The molecule has 1 saturated carbocycles. The van der Waals surface area contributed by atoms with Gasteiger partial charge in [0.15, 0.2) is 0 Å². The maximum atomic E-state index is 6.31. The van der Waals surface area contributed by atoms with Gasteiger partial charge in [0.25, 0.3) is 0 Å². The maximum Gasteiger partial charge on any atom is 0.0202 e. The van der Waals surface area contributed by atoms with E-state index in [2.05, 4.69) is 26.0 Å². The highest BCUT2D eigenvalue weighted by Gasteiger charge is 2.38. The van der Waals surface area contributed by atoms with E-state index in [1.165, 1.54) is 22.6 Å². The van der Waals surface area contributed by atoms with Gasteiger partial charge in [-0.3, -0.25) is 0 Å². The minimum absolute atomic E-state index is 0.0376. The molecule has 2 N–H and O–H groups in total. The van der Waals surface area contributed by atoms with E-state index in [4.69, 9.17) is 5.73 Å². The molecule has 1 fully saturated rings. The molecule has 1 unspecified atom stereocenters. The lowest BCUT2D eigenvalue weighted by molar-refractivity contribution is 0.409. The van der Waals surface area contributed by atoms with Crippen LogP contribution in [0.15, 0.2) is 12.1 Å². The molecule has 1 aliphatic carbocycles. The van der Waals surface area contributed by atoms with Gasteiger partial charge in [-0.15, -0.1) is 11.3 Å². The smallest absolute Gasteiger partial charge is 0.0202 e. The average molecular weight is 209 g/mol. The van der Waals surface area contributed by atoms with Crippen molar-refractivity contribution in [2.24, 2.45) is 11.7 Å². The van der Waals surface area contributed by atoms with Crippen molar-refractivity contribution in [2.75, 3.05) is 0 Å². The Morgan fingerprint density at radius 1 is 1.43 bits per heavy atom. The van der Waals surface area contributed by atoms with Crippen molar-refractivity contribution in [2.45, 2.75) is 45.1 Å². The van der Waals surface area contributed by atoms with E-state index in [0.717, 1.165) is 18.8 Å². The van der Waals surface area contributed by atoms with E-state index >= 15 is 0 Å². The second kappa shape index (κ2) is 3.67. The molecule has 14 heavy (non-hydrogen) atoms. The molecule has 1 aromatic heterocycles. The predicted octanol–water partition coefficient (Wildman–Crippen LogP) is 2.98. The van der Waals surface area contributed by atoms with Gasteiger partial charge in [0.05, 0.1) is 0 Å². The fourth-order valence-corrected chi connectivity index (χ4v) is 3.11. The van der Waals surface area contributed by atoms with E-state index in [1.54, 1.807) is 0 Å². The molecule has 0 amide bonds. The van der Waals surface area contributed by atoms with Crippen LogP contribution < -0.4 is 5.73 Å². The van der Waals surface area contributed by atoms with E-state index in [-0.39, 0.29) is 5.54 Å². The number of nitrogens with two attached hydrogens (primary N) is 1. The first-order valence-electron chi connectivity index (χ1n) is 5.48. The molecule has 1 heterocycles. The average Bonchev–Trinajstić information content (AvgIpc) is 2.89. The standard InChI is InChI=1S/C12H19NS/c1-3-10-6-7-11(14-10)8-12(2,13)9-4-5-9/h6-7,9H,3-5,8,13H2,1-2H3. The zero-order valence-corrected chi connectivity index (χ0v) is 9.86. The third-order valence-corrected chi connectivity index (χ3v) is 4.36. The van der Waals surface area contributed by atoms with Crippen molar-refractivity contribution < 1.29 is 0 Å². The summed E-state index contributed by atoms with van der Waals surface area (Å²) in [4.78, 5) is 2.94. The second-order valence-corrected chi connectivity index (χ2v) is 5.93. The van der Waals surface area contributed by atoms with E-state index in [1.807, 2.05) is 11.3 Å². The molecule has 0 saturated heterocycles. The van der Waals surface area contributed by atoms with Crippen LogP contribution in [0.2, 0.25) is 0 Å². The minimum atomic E-state index is 0.0376. The molecule has 1 aliphatic rings. The number of rotatable bonds is 4. The lowest BCUT2D eigenvalue weighted by Gasteiger charge is -2.23. The highest BCUT2D eigenvalue weighted by molar-refractivity contribution is 7.12. The Kier molecular flexibility index (Phi) is 2.67. The van der Waals surface area contributed by atoms with Crippen molar-refractivity contribution in [3.8, 4) is 0 Å². The van der Waals surface area contributed by atoms with Gasteiger partial charge in [-0.05, 0) is 50.7 Å². The molecule has 0 bridgehead atoms. The van der Waals surface area contributed by atoms with Crippen LogP contribution in [0, 0.1) is 5.92 Å². The van der Waals surface area contributed by atoms with Crippen molar-refractivity contribution in [1.82, 2.24) is 0 Å². The van der Waals surface area contributed by atoms with Crippen LogP contribution in [-0.2, 0) is 12.8 Å². The normalized spacial score (nSPS) is 20.8. The zero-order chi connectivity index (χ0) is 10.2. The van der Waals surface area contributed by atoms with Crippen LogP contribution in [0.4, 0.5) is 0 Å². The lowest BCUT2D eigenvalue weighted by atomic mass is 9.92. The van der Waals surface area contributed by atoms with Crippen LogP contribution in [0.5, 0.6) is 0 Å². The number of aryl methyl sites for hydroxylation is 1. The monoisotopic (exact) mass is 209 g/mol. The Morgan fingerprint density at radius 2 is 2.07 bits per heavy atom. The SMILES string of the molecule is CCc1ccc(CC(C)(N)C2CC2)s1. The highest BCUT2D eigenvalue weighted by Crippen LogP contribution is 2.40. The van der Waals surface area contributed by atoms with Gasteiger partial charge in [0.2, 0.25) is 0 Å². The molecule has 1 atom stereocenters. The number of hydrogen-bond acceptors (Lipinski definition) is 2. The molecule has 0 spiro atoms. The topological polar surface area (TPSA) is 26.0 Å². The molecule has 0 radical (unpaired) electrons. The summed E-state index contributed by atoms with van der Waals surface area (Å²) >= 11 is 1.92. The van der Waals surface area contributed by atoms with Crippen LogP contribution in [-0.4, -0.2) is 5.54 Å². The van der Waals surface area contributed by atoms with Gasteiger partial charge in [-0.2, -0.15) is 0 Å². The first-order valence-corrected chi connectivity index (χ1v) is 6.30. The van der Waals surface area contributed by atoms with E-state index < -0.39 is 0 Å². The predicted molar refractivity (Wildman–Crippen MR) is 62.7 cm³/mol. The van der Waals surface area contributed by atoms with Crippen molar-refractivity contribution in [1.29, 1.82) is 0 Å². The summed E-state index contributed by atoms with van der Waals surface area (Å²) in [5.74, 6) is 0.773. The molecule has 0 aromatic carbocycles. The summed E-state index contributed by atoms with van der Waals surface area (Å²) < 4.78 is 0. The second-order valence-electron chi connectivity index (χ2n) is 4.68. The molecular formula is C12H19NS. The fraction of sp³-hybridized carbons (Fsp3) is 0.667. The van der Waals surface area contributed by atoms with Crippen LogP contribution in [0.1, 0.15) is 36.4 Å². The minimum Gasteiger partial charge on any atom is -0.325 e. The Balaban J connectivity index is 2.02. The van der Waals surface area contributed by atoms with Crippen molar-refractivity contribution in [3.63, 3.8) is 0 Å². The van der Waals surface area contributed by atoms with Crippen molar-refractivity contribution >= 4 is 11.3 Å². The van der Waals surface area contributed by atoms with Gasteiger partial charge in [-0.1, -0.05) is 6.92 Å². The van der Waals surface area contributed by atoms with Crippen molar-refractivity contribution in [3.05, 3.63) is 21.9 Å². The summed E-state index contributed by atoms with van der Waals surface area (Å²) in [6, 6.07) is 4.49. The highest BCUT2D eigenvalue weighted by atomic mass is 32.1. The summed E-state index contributed by atoms with van der Waals surface area (Å²) in [6.07, 6.45) is 4.87. The van der Waals surface area contributed by atoms with Gasteiger partial charge in [0.1, 0.15) is 0 Å². The summed E-state index contributed by atoms with van der Waals surface area (Å²) in [6.45, 7) is 4.41. The third-order valence-electron chi connectivity index (χ3n) is 3.13. The van der Waals surface area contributed by atoms with Gasteiger partial charge >= 0.3 is 0 Å². The first kappa shape index (κ1) is 10.2. The molecular weight excluding hydrogens is 190 g/mol. The van der Waals surface area contributed by atoms with Crippen LogP contribution >= 0.6 is 11.3 Å². The Morgan fingerprint density at radius 3 is 2.57 bits per heavy atom. The summed E-state index contributed by atoms with van der Waals surface area (Å²) in [7, 11) is 0. The zero-order valence-electron chi connectivity index (χ0n) is 9.05. The third kappa shape index (κ3) is 2.18.